The summed E-state index contributed by atoms with van der Waals surface area (Å²) in [7, 11) is 0. The van der Waals surface area contributed by atoms with Crippen molar-refractivity contribution in [3.05, 3.63) is 34.3 Å². The molecule has 0 aromatic heterocycles. The number of hydrogen-bond acceptors (Lipinski definition) is 1. The second kappa shape index (κ2) is 3.88. The first-order valence-electron chi connectivity index (χ1n) is 6.13. The molecule has 0 N–H and O–H groups in total. The minimum Gasteiger partial charge on any atom is -0.305 e. The Kier molecular flexibility index (Phi) is 1.26. The summed E-state index contributed by atoms with van der Waals surface area (Å²) >= 11 is 3.26. The predicted octanol–water partition coefficient (Wildman–Crippen LogP) is 2.51. The van der Waals surface area contributed by atoms with E-state index in [1.807, 2.05) is 0 Å². The Morgan fingerprint density at radius 3 is 2.82 bits per heavy atom. The van der Waals surface area contributed by atoms with E-state index in [1.165, 1.54) is 0 Å². The first kappa shape index (κ1) is 3.58. The fourth-order valence-corrected chi connectivity index (χ4v) is 1.21. The average molecular weight is 220 g/mol. The van der Waals surface area contributed by atoms with Crippen molar-refractivity contribution in [2.45, 2.75) is 6.54 Å². The zero-order valence-electron chi connectivity index (χ0n) is 11.8. The van der Waals surface area contributed by atoms with Gasteiger partial charge in [-0.15, -0.1) is 0 Å². The van der Waals surface area contributed by atoms with E-state index in [0.717, 1.165) is 0 Å². The monoisotopic (exact) mass is 219 g/mol. The lowest BCUT2D eigenvalue weighted by atomic mass is 10.2. The quantitative estimate of drug-likeness (QED) is 0.740. The van der Waals surface area contributed by atoms with Gasteiger partial charge in [0.1, 0.15) is 0 Å². The third-order valence-corrected chi connectivity index (χ3v) is 2.06. The average Bonchev–Trinajstić information content (AvgIpc) is 2.12. The zero-order chi connectivity index (χ0) is 13.3. The zero-order valence-corrected chi connectivity index (χ0v) is 7.43. The lowest BCUT2D eigenvalue weighted by Crippen LogP contribution is -2.10. The van der Waals surface area contributed by atoms with Gasteiger partial charge in [0.25, 0.3) is 0 Å². The standard InChI is InChI=1S/C9H12BrN/c1-11(2)7-8-5-3-4-6-9(8)10/h3-6H,7H2,1-2H3/i1D3,2D3. The number of rotatable bonds is 2. The highest BCUT2D eigenvalue weighted by atomic mass is 79.9. The summed E-state index contributed by atoms with van der Waals surface area (Å²) in [5.74, 6) is 0. The normalized spacial score (nSPS) is 20.9. The van der Waals surface area contributed by atoms with E-state index < -0.39 is 14.0 Å². The molecule has 0 unspecified atom stereocenters. The van der Waals surface area contributed by atoms with Gasteiger partial charge in [0.2, 0.25) is 0 Å². The van der Waals surface area contributed by atoms with E-state index in [2.05, 4.69) is 15.9 Å². The Morgan fingerprint density at radius 2 is 2.18 bits per heavy atom. The van der Waals surface area contributed by atoms with E-state index in [0.29, 0.717) is 14.9 Å². The molecule has 0 spiro atoms. The van der Waals surface area contributed by atoms with Gasteiger partial charge in [0.05, 0.1) is 0 Å². The lowest BCUT2D eigenvalue weighted by molar-refractivity contribution is 0.401. The Labute approximate surface area is 84.6 Å². The lowest BCUT2D eigenvalue weighted by Gasteiger charge is -2.10. The predicted molar refractivity (Wildman–Crippen MR) is 51.5 cm³/mol. The molecule has 60 valence electrons. The topological polar surface area (TPSA) is 3.24 Å². The van der Waals surface area contributed by atoms with Gasteiger partial charge in [0, 0.05) is 19.2 Å². The SMILES string of the molecule is [2H]C([2H])([2H])N(Cc1ccccc1Br)C([2H])([2H])[2H]. The summed E-state index contributed by atoms with van der Waals surface area (Å²) in [5, 5.41) is 0. The Balaban J connectivity index is 3.00. The van der Waals surface area contributed by atoms with Crippen molar-refractivity contribution in [2.75, 3.05) is 14.0 Å². The van der Waals surface area contributed by atoms with Crippen LogP contribution >= 0.6 is 15.9 Å². The minimum atomic E-state index is -2.65. The summed E-state index contributed by atoms with van der Waals surface area (Å²) in [6.07, 6.45) is 0. The van der Waals surface area contributed by atoms with Gasteiger partial charge in [-0.3, -0.25) is 0 Å². The molecular weight excluding hydrogens is 202 g/mol. The highest BCUT2D eigenvalue weighted by Gasteiger charge is 1.97. The molecule has 0 fully saturated rings. The molecule has 0 aliphatic heterocycles. The first-order chi connectivity index (χ1) is 7.62. The maximum absolute atomic E-state index is 7.25. The van der Waals surface area contributed by atoms with Crippen LogP contribution in [0.5, 0.6) is 0 Å². The smallest absolute Gasteiger partial charge is 0.0394 e. The molecule has 0 aliphatic carbocycles. The fourth-order valence-electron chi connectivity index (χ4n) is 0.797. The Morgan fingerprint density at radius 1 is 1.45 bits per heavy atom. The third kappa shape index (κ3) is 2.64. The number of halogens is 1. The molecule has 0 saturated heterocycles. The Bertz CT molecular complexity index is 372. The molecule has 1 aromatic rings. The summed E-state index contributed by atoms with van der Waals surface area (Å²) in [5.41, 5.74) is 0.625. The molecule has 0 bridgehead atoms. The van der Waals surface area contributed by atoms with Gasteiger partial charge < -0.3 is 4.90 Å². The molecule has 11 heavy (non-hydrogen) atoms. The van der Waals surface area contributed by atoms with Crippen molar-refractivity contribution < 1.29 is 8.22 Å². The molecule has 0 amide bonds. The number of hydrogen-bond donors (Lipinski definition) is 0. The maximum Gasteiger partial charge on any atom is 0.0394 e. The summed E-state index contributed by atoms with van der Waals surface area (Å²) in [6.45, 7) is -5.46. The molecule has 0 radical (unpaired) electrons. The Hall–Kier alpha value is -0.340. The number of nitrogens with zero attached hydrogens (tertiary/aromatic N) is 1. The van der Waals surface area contributed by atoms with Crippen LogP contribution in [0.3, 0.4) is 0 Å². The van der Waals surface area contributed by atoms with Crippen LogP contribution in [0.1, 0.15) is 13.8 Å². The van der Waals surface area contributed by atoms with E-state index in [4.69, 9.17) is 8.22 Å². The van der Waals surface area contributed by atoms with Gasteiger partial charge in [-0.05, 0) is 25.6 Å². The van der Waals surface area contributed by atoms with Gasteiger partial charge in [0.15, 0.2) is 0 Å². The molecular formula is C9H12BrN. The van der Waals surface area contributed by atoms with E-state index in [1.54, 1.807) is 24.3 Å². The highest BCUT2D eigenvalue weighted by molar-refractivity contribution is 9.10. The van der Waals surface area contributed by atoms with E-state index in [-0.39, 0.29) is 6.54 Å². The van der Waals surface area contributed by atoms with Gasteiger partial charge in [-0.25, -0.2) is 0 Å². The van der Waals surface area contributed by atoms with Gasteiger partial charge >= 0.3 is 0 Å². The molecule has 2 heteroatoms. The first-order valence-corrected chi connectivity index (χ1v) is 3.93. The fraction of sp³-hybridized carbons (Fsp3) is 0.333. The van der Waals surface area contributed by atoms with Crippen LogP contribution < -0.4 is 0 Å². The van der Waals surface area contributed by atoms with Crippen molar-refractivity contribution >= 4 is 15.9 Å². The highest BCUT2D eigenvalue weighted by Crippen LogP contribution is 2.16. The van der Waals surface area contributed by atoms with Crippen molar-refractivity contribution in [2.24, 2.45) is 0 Å². The minimum absolute atomic E-state index is 0.158. The molecule has 1 aromatic carbocycles. The van der Waals surface area contributed by atoms with Crippen LogP contribution in [0, 0.1) is 0 Å². The molecule has 1 rings (SSSR count). The van der Waals surface area contributed by atoms with Crippen LogP contribution in [0.25, 0.3) is 0 Å². The van der Waals surface area contributed by atoms with E-state index >= 15 is 0 Å². The van der Waals surface area contributed by atoms with Crippen molar-refractivity contribution in [3.63, 3.8) is 0 Å². The van der Waals surface area contributed by atoms with Crippen LogP contribution in [-0.2, 0) is 6.54 Å². The summed E-state index contributed by atoms with van der Waals surface area (Å²) in [4.78, 5) is 0.528. The van der Waals surface area contributed by atoms with Gasteiger partial charge in [-0.1, -0.05) is 34.1 Å². The van der Waals surface area contributed by atoms with Crippen molar-refractivity contribution in [1.82, 2.24) is 4.90 Å². The molecule has 0 saturated carbocycles. The van der Waals surface area contributed by atoms with Gasteiger partial charge in [-0.2, -0.15) is 0 Å². The molecule has 0 heterocycles. The molecule has 0 aliphatic rings. The van der Waals surface area contributed by atoms with Crippen LogP contribution in [0.4, 0.5) is 0 Å². The summed E-state index contributed by atoms with van der Waals surface area (Å²) < 4.78 is 44.2. The third-order valence-electron chi connectivity index (χ3n) is 1.29. The maximum atomic E-state index is 7.25. The van der Waals surface area contributed by atoms with Crippen LogP contribution in [-0.4, -0.2) is 18.9 Å². The van der Waals surface area contributed by atoms with Crippen LogP contribution in [0.15, 0.2) is 28.7 Å². The summed E-state index contributed by atoms with van der Waals surface area (Å²) in [6, 6.07) is 6.95. The second-order valence-electron chi connectivity index (χ2n) is 2.18. The molecule has 0 atom stereocenters. The number of benzene rings is 1. The van der Waals surface area contributed by atoms with Crippen molar-refractivity contribution in [1.29, 1.82) is 0 Å². The van der Waals surface area contributed by atoms with E-state index in [9.17, 15) is 0 Å². The largest absolute Gasteiger partial charge is 0.305 e. The van der Waals surface area contributed by atoms with Crippen molar-refractivity contribution in [3.8, 4) is 0 Å². The molecule has 1 nitrogen and oxygen atoms in total. The second-order valence-corrected chi connectivity index (χ2v) is 3.03. The van der Waals surface area contributed by atoms with Crippen LogP contribution in [0.2, 0.25) is 0 Å².